The van der Waals surface area contributed by atoms with E-state index in [1.807, 2.05) is 0 Å². The molecule has 2 N–H and O–H groups in total. The van der Waals surface area contributed by atoms with Crippen molar-refractivity contribution in [3.8, 4) is 0 Å². The van der Waals surface area contributed by atoms with E-state index in [1.165, 1.54) is 0 Å². The highest BCUT2D eigenvalue weighted by Gasteiger charge is 2.14. The van der Waals surface area contributed by atoms with Gasteiger partial charge >= 0.3 is 11.9 Å². The highest BCUT2D eigenvalue weighted by molar-refractivity contribution is 5.75. The Kier molecular flexibility index (Phi) is 7.62. The maximum atomic E-state index is 11.1. The van der Waals surface area contributed by atoms with Crippen molar-refractivity contribution < 1.29 is 19.1 Å². The predicted octanol–water partition coefficient (Wildman–Crippen LogP) is 0.610. The molecule has 0 aromatic rings. The number of hydrogen-bond acceptors (Lipinski definition) is 5. The largest absolute Gasteiger partial charge is 0.466 e. The maximum Gasteiger partial charge on any atom is 0.322 e. The van der Waals surface area contributed by atoms with E-state index < -0.39 is 12.0 Å². The minimum atomic E-state index is -0.639. The summed E-state index contributed by atoms with van der Waals surface area (Å²) >= 11 is 0. The van der Waals surface area contributed by atoms with Crippen molar-refractivity contribution in [3.05, 3.63) is 0 Å². The van der Waals surface area contributed by atoms with Crippen molar-refractivity contribution in [2.75, 3.05) is 13.2 Å². The molecule has 0 spiro atoms. The van der Waals surface area contributed by atoms with Gasteiger partial charge in [0.05, 0.1) is 13.2 Å². The Morgan fingerprint density at radius 2 is 1.80 bits per heavy atom. The first-order valence-corrected chi connectivity index (χ1v) is 5.19. The maximum absolute atomic E-state index is 11.1. The average molecular weight is 217 g/mol. The van der Waals surface area contributed by atoms with E-state index >= 15 is 0 Å². The van der Waals surface area contributed by atoms with E-state index in [0.29, 0.717) is 32.5 Å². The fraction of sp³-hybridized carbons (Fsp3) is 0.800. The molecule has 0 aliphatic carbocycles. The van der Waals surface area contributed by atoms with Crippen molar-refractivity contribution in [2.24, 2.45) is 5.73 Å². The van der Waals surface area contributed by atoms with Crippen molar-refractivity contribution in [3.63, 3.8) is 0 Å². The van der Waals surface area contributed by atoms with Crippen molar-refractivity contribution in [1.82, 2.24) is 0 Å². The minimum Gasteiger partial charge on any atom is -0.466 e. The summed E-state index contributed by atoms with van der Waals surface area (Å²) in [5.74, 6) is -0.671. The number of nitrogens with two attached hydrogens (primary N) is 1. The van der Waals surface area contributed by atoms with Gasteiger partial charge in [0.1, 0.15) is 6.04 Å². The summed E-state index contributed by atoms with van der Waals surface area (Å²) in [4.78, 5) is 22.0. The van der Waals surface area contributed by atoms with E-state index in [2.05, 4.69) is 0 Å². The molecule has 0 saturated carbocycles. The zero-order valence-corrected chi connectivity index (χ0v) is 9.32. The summed E-state index contributed by atoms with van der Waals surface area (Å²) in [6, 6.07) is -0.639. The van der Waals surface area contributed by atoms with Gasteiger partial charge in [-0.25, -0.2) is 0 Å². The van der Waals surface area contributed by atoms with Gasteiger partial charge in [0, 0.05) is 6.42 Å². The number of rotatable bonds is 7. The third kappa shape index (κ3) is 6.90. The first-order chi connectivity index (χ1) is 7.11. The molecule has 0 aliphatic rings. The molecule has 15 heavy (non-hydrogen) atoms. The second-order valence-electron chi connectivity index (χ2n) is 3.06. The average Bonchev–Trinajstić information content (AvgIpc) is 2.18. The topological polar surface area (TPSA) is 78.6 Å². The predicted molar refractivity (Wildman–Crippen MR) is 55.1 cm³/mol. The van der Waals surface area contributed by atoms with E-state index in [9.17, 15) is 9.59 Å². The molecular formula is C10H19NO4. The first kappa shape index (κ1) is 13.9. The van der Waals surface area contributed by atoms with Crippen molar-refractivity contribution in [2.45, 2.75) is 39.2 Å². The lowest BCUT2D eigenvalue weighted by molar-refractivity contribution is -0.146. The van der Waals surface area contributed by atoms with Crippen LogP contribution in [0, 0.1) is 0 Å². The summed E-state index contributed by atoms with van der Waals surface area (Å²) in [6.07, 6.45) is 1.28. The first-order valence-electron chi connectivity index (χ1n) is 5.19. The lowest BCUT2D eigenvalue weighted by Crippen LogP contribution is -2.32. The second kappa shape index (κ2) is 8.23. The summed E-state index contributed by atoms with van der Waals surface area (Å²) < 4.78 is 9.46. The molecule has 1 atom stereocenters. The van der Waals surface area contributed by atoms with Crippen molar-refractivity contribution >= 4 is 11.9 Å². The van der Waals surface area contributed by atoms with Crippen LogP contribution in [0.4, 0.5) is 0 Å². The van der Waals surface area contributed by atoms with Crippen molar-refractivity contribution in [1.29, 1.82) is 0 Å². The molecule has 0 aromatic carbocycles. The molecule has 0 rings (SSSR count). The normalized spacial score (nSPS) is 11.9. The Bertz CT molecular complexity index is 206. The summed E-state index contributed by atoms with van der Waals surface area (Å²) in [5.41, 5.74) is 5.54. The zero-order chi connectivity index (χ0) is 11.7. The Balaban J connectivity index is 3.58. The third-order valence-electron chi connectivity index (χ3n) is 1.79. The van der Waals surface area contributed by atoms with Crippen LogP contribution in [0.1, 0.15) is 33.1 Å². The lowest BCUT2D eigenvalue weighted by atomic mass is 10.1. The molecule has 0 amide bonds. The molecule has 1 unspecified atom stereocenters. The molecular weight excluding hydrogens is 198 g/mol. The minimum absolute atomic E-state index is 0.256. The number of carbonyl (C=O) groups is 2. The van der Waals surface area contributed by atoms with Crippen LogP contribution in [0.15, 0.2) is 0 Å². The van der Waals surface area contributed by atoms with Gasteiger partial charge in [-0.3, -0.25) is 9.59 Å². The van der Waals surface area contributed by atoms with Crippen LogP contribution in [0.5, 0.6) is 0 Å². The van der Waals surface area contributed by atoms with Crippen LogP contribution in [-0.4, -0.2) is 31.2 Å². The quantitative estimate of drug-likeness (QED) is 0.632. The van der Waals surface area contributed by atoms with Crippen LogP contribution in [-0.2, 0) is 19.1 Å². The van der Waals surface area contributed by atoms with Crippen LogP contribution in [0.3, 0.4) is 0 Å². The van der Waals surface area contributed by atoms with Gasteiger partial charge < -0.3 is 15.2 Å². The van der Waals surface area contributed by atoms with E-state index in [1.54, 1.807) is 13.8 Å². The summed E-state index contributed by atoms with van der Waals surface area (Å²) in [6.45, 7) is 4.18. The summed E-state index contributed by atoms with van der Waals surface area (Å²) in [7, 11) is 0. The van der Waals surface area contributed by atoms with Gasteiger partial charge in [-0.1, -0.05) is 0 Å². The lowest BCUT2D eigenvalue weighted by Gasteiger charge is -2.09. The second-order valence-corrected chi connectivity index (χ2v) is 3.06. The SMILES string of the molecule is CCOC(=O)CCCC(N)C(=O)OCC. The van der Waals surface area contributed by atoms with Crippen LogP contribution >= 0.6 is 0 Å². The molecule has 0 aliphatic heterocycles. The van der Waals surface area contributed by atoms with Gasteiger partial charge in [-0.05, 0) is 26.7 Å². The molecule has 0 bridgehead atoms. The Morgan fingerprint density at radius 3 is 2.33 bits per heavy atom. The smallest absolute Gasteiger partial charge is 0.322 e. The number of hydrogen-bond donors (Lipinski definition) is 1. The van der Waals surface area contributed by atoms with Crippen LogP contribution < -0.4 is 5.73 Å². The number of carbonyl (C=O) groups excluding carboxylic acids is 2. The fourth-order valence-corrected chi connectivity index (χ4v) is 1.07. The highest BCUT2D eigenvalue weighted by atomic mass is 16.5. The molecule has 0 fully saturated rings. The highest BCUT2D eigenvalue weighted by Crippen LogP contribution is 2.02. The molecule has 0 radical (unpaired) electrons. The Hall–Kier alpha value is -1.10. The Morgan fingerprint density at radius 1 is 1.20 bits per heavy atom. The van der Waals surface area contributed by atoms with Gasteiger partial charge in [0.2, 0.25) is 0 Å². The number of ether oxygens (including phenoxy) is 2. The molecule has 0 saturated heterocycles. The van der Waals surface area contributed by atoms with E-state index in [0.717, 1.165) is 0 Å². The van der Waals surface area contributed by atoms with Gasteiger partial charge in [0.25, 0.3) is 0 Å². The van der Waals surface area contributed by atoms with Gasteiger partial charge in [0.15, 0.2) is 0 Å². The summed E-state index contributed by atoms with van der Waals surface area (Å²) in [5, 5.41) is 0. The Labute approximate surface area is 89.9 Å². The molecule has 0 heterocycles. The number of esters is 2. The van der Waals surface area contributed by atoms with Crippen LogP contribution in [0.2, 0.25) is 0 Å². The standard InChI is InChI=1S/C10H19NO4/c1-3-14-9(12)7-5-6-8(11)10(13)15-4-2/h8H,3-7,11H2,1-2H3. The van der Waals surface area contributed by atoms with Gasteiger partial charge in [-0.15, -0.1) is 0 Å². The van der Waals surface area contributed by atoms with Crippen LogP contribution in [0.25, 0.3) is 0 Å². The van der Waals surface area contributed by atoms with Gasteiger partial charge in [-0.2, -0.15) is 0 Å². The molecule has 5 heteroatoms. The van der Waals surface area contributed by atoms with E-state index in [-0.39, 0.29) is 5.97 Å². The third-order valence-corrected chi connectivity index (χ3v) is 1.79. The molecule has 88 valence electrons. The molecule has 5 nitrogen and oxygen atoms in total. The van der Waals surface area contributed by atoms with E-state index in [4.69, 9.17) is 15.2 Å². The molecule has 0 aromatic heterocycles. The fourth-order valence-electron chi connectivity index (χ4n) is 1.07. The zero-order valence-electron chi connectivity index (χ0n) is 9.32. The monoisotopic (exact) mass is 217 g/mol.